The van der Waals surface area contributed by atoms with E-state index in [2.05, 4.69) is 4.98 Å². The van der Waals surface area contributed by atoms with Crippen molar-refractivity contribution >= 4 is 29.0 Å². The van der Waals surface area contributed by atoms with Gasteiger partial charge in [-0.3, -0.25) is 0 Å². The fourth-order valence-electron chi connectivity index (χ4n) is 1.78. The second-order valence-corrected chi connectivity index (χ2v) is 5.02. The minimum atomic E-state index is -0.668. The maximum Gasteiger partial charge on any atom is 0.166 e. The van der Waals surface area contributed by atoms with Gasteiger partial charge in [-0.2, -0.15) is 5.26 Å². The molecule has 0 fully saturated rings. The average Bonchev–Trinajstić information content (AvgIpc) is 2.46. The molecule has 1 unspecified atom stereocenters. The summed E-state index contributed by atoms with van der Waals surface area (Å²) in [5.74, 6) is -0.272. The van der Waals surface area contributed by atoms with Gasteiger partial charge in [-0.05, 0) is 19.1 Å². The summed E-state index contributed by atoms with van der Waals surface area (Å²) in [6.07, 6.45) is 0.661. The van der Waals surface area contributed by atoms with Crippen LogP contribution in [-0.2, 0) is 0 Å². The Bertz CT molecular complexity index is 731. The molecule has 1 aromatic carbocycles. The lowest BCUT2D eigenvalue weighted by Crippen LogP contribution is -2.08. The standard InChI is InChI=1S/C14H10Cl2FN3O/c1-7(12-9(15)2-3-10(17)13(12)16)21-11-4-8(5-18)6-20-14(11)19/h2-4,6-7H,1H3,(H2,19,20). The van der Waals surface area contributed by atoms with Crippen LogP contribution in [0.1, 0.15) is 24.2 Å². The third-order valence-electron chi connectivity index (χ3n) is 2.80. The largest absolute Gasteiger partial charge is 0.482 e. The summed E-state index contributed by atoms with van der Waals surface area (Å²) in [6.45, 7) is 1.64. The van der Waals surface area contributed by atoms with Crippen LogP contribution in [0.3, 0.4) is 0 Å². The summed E-state index contributed by atoms with van der Waals surface area (Å²) in [7, 11) is 0. The van der Waals surface area contributed by atoms with Gasteiger partial charge in [-0.15, -0.1) is 0 Å². The lowest BCUT2D eigenvalue weighted by Gasteiger charge is -2.18. The van der Waals surface area contributed by atoms with Crippen LogP contribution in [0.25, 0.3) is 0 Å². The Kier molecular flexibility index (Phi) is 4.51. The van der Waals surface area contributed by atoms with E-state index in [0.29, 0.717) is 11.1 Å². The van der Waals surface area contributed by atoms with Gasteiger partial charge < -0.3 is 10.5 Å². The lowest BCUT2D eigenvalue weighted by atomic mass is 10.1. The fraction of sp³-hybridized carbons (Fsp3) is 0.143. The normalized spacial score (nSPS) is 11.8. The molecule has 1 atom stereocenters. The lowest BCUT2D eigenvalue weighted by molar-refractivity contribution is 0.227. The number of nitrogen functional groups attached to an aromatic ring is 1. The zero-order valence-corrected chi connectivity index (χ0v) is 12.4. The van der Waals surface area contributed by atoms with Crippen molar-refractivity contribution in [2.45, 2.75) is 13.0 Å². The molecule has 0 bridgehead atoms. The Morgan fingerprint density at radius 1 is 1.43 bits per heavy atom. The van der Waals surface area contributed by atoms with E-state index < -0.39 is 11.9 Å². The number of halogens is 3. The van der Waals surface area contributed by atoms with E-state index in [1.54, 1.807) is 6.92 Å². The van der Waals surface area contributed by atoms with Crippen molar-refractivity contribution in [1.29, 1.82) is 5.26 Å². The first-order chi connectivity index (χ1) is 9.93. The summed E-state index contributed by atoms with van der Waals surface area (Å²) in [5.41, 5.74) is 6.29. The summed E-state index contributed by atoms with van der Waals surface area (Å²) < 4.78 is 19.1. The molecule has 2 N–H and O–H groups in total. The van der Waals surface area contributed by atoms with E-state index in [4.69, 9.17) is 38.9 Å². The number of pyridine rings is 1. The molecule has 1 heterocycles. The van der Waals surface area contributed by atoms with Crippen molar-refractivity contribution in [3.05, 3.63) is 51.4 Å². The van der Waals surface area contributed by atoms with Crippen molar-refractivity contribution in [3.8, 4) is 11.8 Å². The number of nitriles is 1. The van der Waals surface area contributed by atoms with E-state index in [1.165, 1.54) is 24.4 Å². The molecular formula is C14H10Cl2FN3O. The van der Waals surface area contributed by atoms with Crippen molar-refractivity contribution in [2.24, 2.45) is 0 Å². The van der Waals surface area contributed by atoms with E-state index in [1.807, 2.05) is 6.07 Å². The third-order valence-corrected chi connectivity index (χ3v) is 3.51. The number of hydrogen-bond acceptors (Lipinski definition) is 4. The Balaban J connectivity index is 2.37. The maximum atomic E-state index is 13.5. The zero-order valence-electron chi connectivity index (χ0n) is 10.9. The number of rotatable bonds is 3. The van der Waals surface area contributed by atoms with Gasteiger partial charge in [-0.25, -0.2) is 9.37 Å². The van der Waals surface area contributed by atoms with Gasteiger partial charge in [0.1, 0.15) is 18.0 Å². The van der Waals surface area contributed by atoms with Crippen LogP contribution >= 0.6 is 23.2 Å². The van der Waals surface area contributed by atoms with Crippen LogP contribution in [0.2, 0.25) is 10.0 Å². The monoisotopic (exact) mass is 325 g/mol. The van der Waals surface area contributed by atoms with Crippen molar-refractivity contribution in [1.82, 2.24) is 4.98 Å². The average molecular weight is 326 g/mol. The number of benzene rings is 1. The molecule has 21 heavy (non-hydrogen) atoms. The van der Waals surface area contributed by atoms with E-state index in [0.717, 1.165) is 0 Å². The Morgan fingerprint density at radius 3 is 2.81 bits per heavy atom. The van der Waals surface area contributed by atoms with Gasteiger partial charge in [0.25, 0.3) is 0 Å². The third kappa shape index (κ3) is 3.18. The Hall–Kier alpha value is -2.03. The molecule has 0 aliphatic carbocycles. The molecule has 0 amide bonds. The summed E-state index contributed by atoms with van der Waals surface area (Å²) in [6, 6.07) is 5.94. The highest BCUT2D eigenvalue weighted by Gasteiger charge is 2.19. The number of nitrogens with two attached hydrogens (primary N) is 1. The summed E-state index contributed by atoms with van der Waals surface area (Å²) >= 11 is 11.9. The van der Waals surface area contributed by atoms with Crippen LogP contribution in [-0.4, -0.2) is 4.98 Å². The molecule has 0 aliphatic heterocycles. The van der Waals surface area contributed by atoms with Gasteiger partial charge in [-0.1, -0.05) is 23.2 Å². The van der Waals surface area contributed by atoms with Crippen molar-refractivity contribution < 1.29 is 9.13 Å². The molecule has 108 valence electrons. The summed E-state index contributed by atoms with van der Waals surface area (Å²) in [4.78, 5) is 3.85. The predicted octanol–water partition coefficient (Wildman–Crippen LogP) is 4.12. The number of aromatic nitrogens is 1. The molecule has 0 radical (unpaired) electrons. The first-order valence-corrected chi connectivity index (χ1v) is 6.65. The molecule has 0 saturated heterocycles. The van der Waals surface area contributed by atoms with Gasteiger partial charge in [0, 0.05) is 22.8 Å². The van der Waals surface area contributed by atoms with Crippen molar-refractivity contribution in [3.63, 3.8) is 0 Å². The molecule has 1 aromatic heterocycles. The highest BCUT2D eigenvalue weighted by molar-refractivity contribution is 6.36. The van der Waals surface area contributed by atoms with Crippen LogP contribution in [0.4, 0.5) is 10.2 Å². The van der Waals surface area contributed by atoms with Crippen LogP contribution < -0.4 is 10.5 Å². The summed E-state index contributed by atoms with van der Waals surface area (Å²) in [5, 5.41) is 9.01. The second kappa shape index (κ2) is 6.17. The minimum Gasteiger partial charge on any atom is -0.482 e. The number of anilines is 1. The molecule has 2 rings (SSSR count). The molecular weight excluding hydrogens is 316 g/mol. The van der Waals surface area contributed by atoms with Gasteiger partial charge in [0.05, 0.1) is 10.6 Å². The van der Waals surface area contributed by atoms with E-state index >= 15 is 0 Å². The second-order valence-electron chi connectivity index (χ2n) is 4.24. The fourth-order valence-corrected chi connectivity index (χ4v) is 2.45. The first kappa shape index (κ1) is 15.4. The maximum absolute atomic E-state index is 13.5. The first-order valence-electron chi connectivity index (χ1n) is 5.89. The van der Waals surface area contributed by atoms with E-state index in [-0.39, 0.29) is 21.6 Å². The number of ether oxygens (including phenoxy) is 1. The Labute approximate surface area is 130 Å². The molecule has 4 nitrogen and oxygen atoms in total. The molecule has 0 spiro atoms. The predicted molar refractivity (Wildman–Crippen MR) is 78.8 cm³/mol. The molecule has 0 saturated carbocycles. The zero-order chi connectivity index (χ0) is 15.6. The SMILES string of the molecule is CC(Oc1cc(C#N)cnc1N)c1c(Cl)ccc(F)c1Cl. The van der Waals surface area contributed by atoms with Crippen molar-refractivity contribution in [2.75, 3.05) is 5.73 Å². The Morgan fingerprint density at radius 2 is 2.14 bits per heavy atom. The molecule has 2 aromatic rings. The van der Waals surface area contributed by atoms with Crippen LogP contribution in [0.15, 0.2) is 24.4 Å². The molecule has 0 aliphatic rings. The van der Waals surface area contributed by atoms with Gasteiger partial charge in [0.2, 0.25) is 0 Å². The number of hydrogen-bond donors (Lipinski definition) is 1. The smallest absolute Gasteiger partial charge is 0.166 e. The van der Waals surface area contributed by atoms with Crippen LogP contribution in [0, 0.1) is 17.1 Å². The highest BCUT2D eigenvalue weighted by atomic mass is 35.5. The minimum absolute atomic E-state index is 0.113. The molecule has 7 heteroatoms. The van der Waals surface area contributed by atoms with Crippen LogP contribution in [0.5, 0.6) is 5.75 Å². The van der Waals surface area contributed by atoms with E-state index in [9.17, 15) is 4.39 Å². The van der Waals surface area contributed by atoms with Gasteiger partial charge in [0.15, 0.2) is 11.6 Å². The highest BCUT2D eigenvalue weighted by Crippen LogP contribution is 2.35. The van der Waals surface area contributed by atoms with Gasteiger partial charge >= 0.3 is 0 Å². The topological polar surface area (TPSA) is 71.9 Å². The quantitative estimate of drug-likeness (QED) is 0.861. The number of nitrogens with zero attached hydrogens (tertiary/aromatic N) is 2.